The molecule has 0 rings (SSSR count). The van der Waals surface area contributed by atoms with Crippen molar-refractivity contribution in [3.8, 4) is 0 Å². The van der Waals surface area contributed by atoms with Crippen molar-refractivity contribution in [3.63, 3.8) is 0 Å². The third-order valence-corrected chi connectivity index (χ3v) is 3.98. The van der Waals surface area contributed by atoms with Crippen molar-refractivity contribution in [1.29, 1.82) is 0 Å². The molecule has 0 bridgehead atoms. The molecule has 0 aromatic carbocycles. The van der Waals surface area contributed by atoms with Gasteiger partial charge in [-0.1, -0.05) is 0 Å². The second-order valence-electron chi connectivity index (χ2n) is 3.13. The van der Waals surface area contributed by atoms with Gasteiger partial charge in [-0.3, -0.25) is 4.79 Å². The van der Waals surface area contributed by atoms with Gasteiger partial charge in [0.05, 0.1) is 12.2 Å². The largest absolute Gasteiger partial charge is 0.481 e. The summed E-state index contributed by atoms with van der Waals surface area (Å²) in [5.41, 5.74) is 0. The van der Waals surface area contributed by atoms with Crippen molar-refractivity contribution in [1.82, 2.24) is 0 Å². The average molecular weight is 280 g/mol. The van der Waals surface area contributed by atoms with Crippen LogP contribution in [0.25, 0.3) is 0 Å². The van der Waals surface area contributed by atoms with Crippen molar-refractivity contribution in [3.05, 3.63) is 0 Å². The quantitative estimate of drug-likeness (QED) is 0.790. The zero-order chi connectivity index (χ0) is 13.0. The summed E-state index contributed by atoms with van der Waals surface area (Å²) in [5.74, 6) is -2.23. The third kappa shape index (κ3) is 7.80. The Hall–Kier alpha value is -0.440. The monoisotopic (exact) mass is 280 g/mol. The molecule has 0 aromatic rings. The van der Waals surface area contributed by atoms with E-state index >= 15 is 0 Å². The number of rotatable bonds is 6. The molecular weight excluding hydrogens is 269 g/mol. The van der Waals surface area contributed by atoms with Crippen LogP contribution in [0.2, 0.25) is 0 Å². The van der Waals surface area contributed by atoms with E-state index in [0.717, 1.165) is 6.26 Å². The lowest BCUT2D eigenvalue weighted by molar-refractivity contribution is -0.149. The van der Waals surface area contributed by atoms with Crippen LogP contribution in [0.5, 0.6) is 0 Å². The summed E-state index contributed by atoms with van der Waals surface area (Å²) < 4.78 is 58.1. The van der Waals surface area contributed by atoms with Gasteiger partial charge in [-0.05, 0) is 0 Å². The van der Waals surface area contributed by atoms with E-state index in [9.17, 15) is 26.4 Å². The number of carbonyl (C=O) groups is 1. The highest BCUT2D eigenvalue weighted by atomic mass is 32.2. The van der Waals surface area contributed by atoms with Gasteiger partial charge >= 0.3 is 12.1 Å². The molecule has 0 aliphatic heterocycles. The van der Waals surface area contributed by atoms with Crippen molar-refractivity contribution in [2.24, 2.45) is 0 Å². The molecule has 0 aliphatic carbocycles. The number of carboxylic acids is 1. The van der Waals surface area contributed by atoms with Gasteiger partial charge < -0.3 is 5.11 Å². The summed E-state index contributed by atoms with van der Waals surface area (Å²) in [4.78, 5) is 10.2. The normalized spacial score (nSPS) is 14.8. The van der Waals surface area contributed by atoms with Crippen LogP contribution in [0.15, 0.2) is 0 Å². The van der Waals surface area contributed by atoms with Gasteiger partial charge in [0, 0.05) is 12.0 Å². The lowest BCUT2D eigenvalue weighted by Gasteiger charge is -2.17. The number of aliphatic carboxylic acids is 1. The fourth-order valence-corrected chi connectivity index (χ4v) is 3.10. The van der Waals surface area contributed by atoms with Crippen molar-refractivity contribution < 1.29 is 31.5 Å². The zero-order valence-electron chi connectivity index (χ0n) is 8.32. The van der Waals surface area contributed by atoms with E-state index in [1.54, 1.807) is 0 Å². The Balaban J connectivity index is 4.29. The highest BCUT2D eigenvalue weighted by Gasteiger charge is 2.41. The molecule has 0 amide bonds. The van der Waals surface area contributed by atoms with E-state index in [0.29, 0.717) is 11.8 Å². The second kappa shape index (κ2) is 5.76. The molecule has 0 aliphatic rings. The van der Waals surface area contributed by atoms with Crippen LogP contribution in [-0.4, -0.2) is 48.7 Å². The minimum absolute atomic E-state index is 0.268. The molecule has 0 heterocycles. The fourth-order valence-electron chi connectivity index (χ4n) is 0.769. The number of thioether (sulfide) groups is 1. The van der Waals surface area contributed by atoms with Gasteiger partial charge in [-0.25, -0.2) is 8.42 Å². The second-order valence-corrected chi connectivity index (χ2v) is 6.70. The smallest absolute Gasteiger partial charge is 0.401 e. The summed E-state index contributed by atoms with van der Waals surface area (Å²) in [6.07, 6.45) is -4.79. The number of alkyl halides is 3. The SMILES string of the molecule is CS(=O)(=O)CCSC(CC(=O)O)C(F)(F)F. The van der Waals surface area contributed by atoms with Gasteiger partial charge in [0.25, 0.3) is 0 Å². The molecule has 0 saturated carbocycles. The van der Waals surface area contributed by atoms with Crippen molar-refractivity contribution in [2.45, 2.75) is 17.8 Å². The number of hydrogen-bond donors (Lipinski definition) is 1. The van der Waals surface area contributed by atoms with E-state index in [2.05, 4.69) is 0 Å². The lowest BCUT2D eigenvalue weighted by Crippen LogP contribution is -2.29. The van der Waals surface area contributed by atoms with Crippen molar-refractivity contribution in [2.75, 3.05) is 17.8 Å². The lowest BCUT2D eigenvalue weighted by atomic mass is 10.3. The summed E-state index contributed by atoms with van der Waals surface area (Å²) in [6, 6.07) is 0. The molecule has 9 heteroatoms. The number of hydrogen-bond acceptors (Lipinski definition) is 4. The molecule has 16 heavy (non-hydrogen) atoms. The van der Waals surface area contributed by atoms with Crippen LogP contribution in [0, 0.1) is 0 Å². The van der Waals surface area contributed by atoms with Crippen LogP contribution in [-0.2, 0) is 14.6 Å². The molecule has 0 saturated heterocycles. The fraction of sp³-hybridized carbons (Fsp3) is 0.857. The molecule has 96 valence electrons. The summed E-state index contributed by atoms with van der Waals surface area (Å²) in [5, 5.41) is 6.21. The Morgan fingerprint density at radius 1 is 1.44 bits per heavy atom. The van der Waals surface area contributed by atoms with Gasteiger partial charge in [-0.2, -0.15) is 13.2 Å². The Morgan fingerprint density at radius 2 is 1.94 bits per heavy atom. The molecule has 0 fully saturated rings. The number of halogens is 3. The minimum Gasteiger partial charge on any atom is -0.481 e. The molecule has 4 nitrogen and oxygen atoms in total. The maximum Gasteiger partial charge on any atom is 0.401 e. The molecule has 0 aromatic heterocycles. The Kier molecular flexibility index (Phi) is 5.60. The minimum atomic E-state index is -4.64. The highest BCUT2D eigenvalue weighted by Crippen LogP contribution is 2.32. The molecule has 1 unspecified atom stereocenters. The van der Waals surface area contributed by atoms with E-state index in [1.807, 2.05) is 0 Å². The third-order valence-electron chi connectivity index (χ3n) is 1.50. The van der Waals surface area contributed by atoms with Gasteiger partial charge in [0.1, 0.15) is 15.1 Å². The Morgan fingerprint density at radius 3 is 2.25 bits per heavy atom. The van der Waals surface area contributed by atoms with Gasteiger partial charge in [-0.15, -0.1) is 11.8 Å². The van der Waals surface area contributed by atoms with Crippen LogP contribution in [0.3, 0.4) is 0 Å². The van der Waals surface area contributed by atoms with Crippen LogP contribution in [0.1, 0.15) is 6.42 Å². The topological polar surface area (TPSA) is 71.4 Å². The molecular formula is C7H11F3O4S2. The molecule has 0 spiro atoms. The number of sulfone groups is 1. The standard InChI is InChI=1S/C7H11F3O4S2/c1-16(13,14)3-2-15-5(4-6(11)12)7(8,9)10/h5H,2-4H2,1H3,(H,11,12). The number of carboxylic acid groups (broad SMARTS) is 1. The summed E-state index contributed by atoms with van der Waals surface area (Å²) in [7, 11) is -3.33. The molecule has 0 radical (unpaired) electrons. The maximum atomic E-state index is 12.3. The predicted octanol–water partition coefficient (Wildman–Crippen LogP) is 1.17. The first-order chi connectivity index (χ1) is 7.02. The van der Waals surface area contributed by atoms with E-state index < -0.39 is 39.4 Å². The van der Waals surface area contributed by atoms with Crippen LogP contribution >= 0.6 is 11.8 Å². The van der Waals surface area contributed by atoms with E-state index in [1.165, 1.54) is 0 Å². The average Bonchev–Trinajstić information content (AvgIpc) is 1.97. The maximum absolute atomic E-state index is 12.3. The van der Waals surface area contributed by atoms with Crippen LogP contribution in [0.4, 0.5) is 13.2 Å². The Labute approximate surface area is 95.1 Å². The summed E-state index contributed by atoms with van der Waals surface area (Å²) in [6.45, 7) is 0. The van der Waals surface area contributed by atoms with Crippen molar-refractivity contribution >= 4 is 27.6 Å². The van der Waals surface area contributed by atoms with Gasteiger partial charge in [0.2, 0.25) is 0 Å². The van der Waals surface area contributed by atoms with Crippen LogP contribution < -0.4 is 0 Å². The van der Waals surface area contributed by atoms with E-state index in [4.69, 9.17) is 5.11 Å². The first-order valence-electron chi connectivity index (χ1n) is 4.10. The summed E-state index contributed by atoms with van der Waals surface area (Å²) >= 11 is 0.299. The molecule has 1 N–H and O–H groups in total. The molecule has 1 atom stereocenters. The first kappa shape index (κ1) is 15.6. The Bertz CT molecular complexity index is 336. The highest BCUT2D eigenvalue weighted by molar-refractivity contribution is 8.01. The zero-order valence-corrected chi connectivity index (χ0v) is 9.95. The predicted molar refractivity (Wildman–Crippen MR) is 54.3 cm³/mol. The van der Waals surface area contributed by atoms with E-state index in [-0.39, 0.29) is 5.75 Å². The first-order valence-corrected chi connectivity index (χ1v) is 7.21. The van der Waals surface area contributed by atoms with Gasteiger partial charge in [0.15, 0.2) is 0 Å².